The van der Waals surface area contributed by atoms with Crippen LogP contribution in [0.15, 0.2) is 18.2 Å². The summed E-state index contributed by atoms with van der Waals surface area (Å²) < 4.78 is 14.2. The van der Waals surface area contributed by atoms with Gasteiger partial charge in [-0.3, -0.25) is 4.79 Å². The second-order valence-corrected chi connectivity index (χ2v) is 3.18. The van der Waals surface area contributed by atoms with Crippen molar-refractivity contribution in [3.8, 4) is 0 Å². The molecule has 0 radical (unpaired) electrons. The van der Waals surface area contributed by atoms with Crippen LogP contribution in [0.2, 0.25) is 0 Å². The molecule has 2 rings (SSSR count). The van der Waals surface area contributed by atoms with E-state index in [-0.39, 0.29) is 11.7 Å². The van der Waals surface area contributed by atoms with Crippen LogP contribution in [0.25, 0.3) is 10.9 Å². The first-order valence-electron chi connectivity index (χ1n) is 4.25. The van der Waals surface area contributed by atoms with Crippen LogP contribution >= 0.6 is 0 Å². The van der Waals surface area contributed by atoms with Crippen LogP contribution in [-0.4, -0.2) is 15.7 Å². The Kier molecular flexibility index (Phi) is 1.84. The molecule has 0 fully saturated rings. The molecule has 0 N–H and O–H groups in total. The van der Waals surface area contributed by atoms with Gasteiger partial charge in [0.05, 0.1) is 11.2 Å². The van der Waals surface area contributed by atoms with E-state index in [9.17, 15) is 9.18 Å². The number of rotatable bonds is 0. The second-order valence-electron chi connectivity index (χ2n) is 3.18. The van der Waals surface area contributed by atoms with Crippen LogP contribution in [0, 0.1) is 12.7 Å². The fourth-order valence-corrected chi connectivity index (χ4v) is 1.48. The number of hydrogen-bond donors (Lipinski definition) is 0. The molecule has 1 heterocycles. The van der Waals surface area contributed by atoms with Crippen molar-refractivity contribution in [1.29, 1.82) is 0 Å². The predicted molar refractivity (Wildman–Crippen MR) is 50.7 cm³/mol. The lowest BCUT2D eigenvalue weighted by atomic mass is 10.2. The monoisotopic (exact) mass is 192 g/mol. The van der Waals surface area contributed by atoms with Crippen molar-refractivity contribution in [2.45, 2.75) is 13.8 Å². The molecule has 2 aromatic rings. The molecule has 4 heteroatoms. The van der Waals surface area contributed by atoms with Crippen molar-refractivity contribution in [3.63, 3.8) is 0 Å². The summed E-state index contributed by atoms with van der Waals surface area (Å²) in [6.45, 7) is 3.19. The van der Waals surface area contributed by atoms with Gasteiger partial charge >= 0.3 is 0 Å². The zero-order chi connectivity index (χ0) is 10.3. The van der Waals surface area contributed by atoms with Crippen LogP contribution in [0.5, 0.6) is 0 Å². The third-order valence-corrected chi connectivity index (χ3v) is 2.13. The Morgan fingerprint density at radius 1 is 1.50 bits per heavy atom. The highest BCUT2D eigenvalue weighted by Gasteiger charge is 2.10. The van der Waals surface area contributed by atoms with E-state index in [0.29, 0.717) is 5.52 Å². The lowest BCUT2D eigenvalue weighted by Crippen LogP contribution is -2.07. The Balaban J connectivity index is 2.85. The Hall–Kier alpha value is -1.71. The van der Waals surface area contributed by atoms with Crippen molar-refractivity contribution in [1.82, 2.24) is 9.78 Å². The molecule has 3 nitrogen and oxygen atoms in total. The first-order valence-corrected chi connectivity index (χ1v) is 4.25. The molecule has 0 saturated carbocycles. The standard InChI is InChI=1S/C10H9FN2O/c1-6-9-4-3-8(11)5-10(9)13(12-6)7(2)14/h3-5H,1-2H3. The zero-order valence-corrected chi connectivity index (χ0v) is 7.91. The summed E-state index contributed by atoms with van der Waals surface area (Å²) in [5.74, 6) is -0.575. The normalized spacial score (nSPS) is 10.8. The van der Waals surface area contributed by atoms with E-state index < -0.39 is 0 Å². The van der Waals surface area contributed by atoms with E-state index in [4.69, 9.17) is 0 Å². The average molecular weight is 192 g/mol. The Bertz CT molecular complexity index is 516. The maximum atomic E-state index is 12.9. The predicted octanol–water partition coefficient (Wildman–Crippen LogP) is 2.14. The number of benzene rings is 1. The number of hydrogen-bond acceptors (Lipinski definition) is 2. The molecule has 0 aliphatic carbocycles. The van der Waals surface area contributed by atoms with Crippen molar-refractivity contribution >= 4 is 16.8 Å². The van der Waals surface area contributed by atoms with Gasteiger partial charge in [-0.1, -0.05) is 0 Å². The summed E-state index contributed by atoms with van der Waals surface area (Å²) in [6.07, 6.45) is 0. The van der Waals surface area contributed by atoms with Crippen molar-refractivity contribution < 1.29 is 9.18 Å². The van der Waals surface area contributed by atoms with Gasteiger partial charge in [0.25, 0.3) is 0 Å². The van der Waals surface area contributed by atoms with E-state index in [1.54, 1.807) is 13.0 Å². The number of fused-ring (bicyclic) bond motifs is 1. The van der Waals surface area contributed by atoms with Gasteiger partial charge in [0.2, 0.25) is 5.91 Å². The van der Waals surface area contributed by atoms with Crippen LogP contribution < -0.4 is 0 Å². The number of aryl methyl sites for hydroxylation is 1. The van der Waals surface area contributed by atoms with Gasteiger partial charge in [-0.2, -0.15) is 9.78 Å². The lowest BCUT2D eigenvalue weighted by Gasteiger charge is -1.95. The average Bonchev–Trinajstić information content (AvgIpc) is 2.43. The lowest BCUT2D eigenvalue weighted by molar-refractivity contribution is 0.0926. The summed E-state index contributed by atoms with van der Waals surface area (Å²) >= 11 is 0. The second kappa shape index (κ2) is 2.90. The van der Waals surface area contributed by atoms with E-state index >= 15 is 0 Å². The fraction of sp³-hybridized carbons (Fsp3) is 0.200. The van der Waals surface area contributed by atoms with E-state index in [1.165, 1.54) is 23.7 Å². The van der Waals surface area contributed by atoms with Gasteiger partial charge in [0.15, 0.2) is 0 Å². The zero-order valence-electron chi connectivity index (χ0n) is 7.91. The third kappa shape index (κ3) is 1.19. The van der Waals surface area contributed by atoms with Gasteiger partial charge in [-0.05, 0) is 19.1 Å². The molecule has 0 spiro atoms. The molecule has 0 aliphatic heterocycles. The van der Waals surface area contributed by atoms with Gasteiger partial charge in [-0.25, -0.2) is 4.39 Å². The van der Waals surface area contributed by atoms with Crippen LogP contribution in [0.4, 0.5) is 4.39 Å². The molecule has 1 aromatic carbocycles. The number of aromatic nitrogens is 2. The first kappa shape index (κ1) is 8.87. The molecule has 0 saturated heterocycles. The summed E-state index contributed by atoms with van der Waals surface area (Å²) in [4.78, 5) is 11.2. The molecule has 0 unspecified atom stereocenters. The van der Waals surface area contributed by atoms with Crippen molar-refractivity contribution in [2.75, 3.05) is 0 Å². The first-order chi connectivity index (χ1) is 6.59. The van der Waals surface area contributed by atoms with Crippen LogP contribution in [0.1, 0.15) is 17.4 Å². The fourth-order valence-electron chi connectivity index (χ4n) is 1.48. The maximum absolute atomic E-state index is 12.9. The molecule has 1 aromatic heterocycles. The number of halogens is 1. The third-order valence-electron chi connectivity index (χ3n) is 2.13. The largest absolute Gasteiger partial charge is 0.273 e. The summed E-state index contributed by atoms with van der Waals surface area (Å²) in [6, 6.07) is 4.31. The Morgan fingerprint density at radius 2 is 2.21 bits per heavy atom. The number of carbonyl (C=O) groups excluding carboxylic acids is 1. The summed E-state index contributed by atoms with van der Waals surface area (Å²) in [5.41, 5.74) is 1.25. The SMILES string of the molecule is CC(=O)n1nc(C)c2ccc(F)cc21. The van der Waals surface area contributed by atoms with Gasteiger partial charge in [-0.15, -0.1) is 0 Å². The van der Waals surface area contributed by atoms with Gasteiger partial charge < -0.3 is 0 Å². The minimum absolute atomic E-state index is 0.214. The van der Waals surface area contributed by atoms with Crippen molar-refractivity contribution in [2.24, 2.45) is 0 Å². The highest BCUT2D eigenvalue weighted by molar-refractivity contribution is 5.91. The Labute approximate surface area is 80.1 Å². The molecular weight excluding hydrogens is 183 g/mol. The van der Waals surface area contributed by atoms with E-state index in [2.05, 4.69) is 5.10 Å². The highest BCUT2D eigenvalue weighted by atomic mass is 19.1. The smallest absolute Gasteiger partial charge is 0.244 e. The van der Waals surface area contributed by atoms with Gasteiger partial charge in [0.1, 0.15) is 5.82 Å². The quantitative estimate of drug-likeness (QED) is 0.641. The minimum Gasteiger partial charge on any atom is -0.273 e. The summed E-state index contributed by atoms with van der Waals surface area (Å²) in [7, 11) is 0. The number of nitrogens with zero attached hydrogens (tertiary/aromatic N) is 2. The maximum Gasteiger partial charge on any atom is 0.244 e. The van der Waals surface area contributed by atoms with E-state index in [0.717, 1.165) is 11.1 Å². The number of carbonyl (C=O) groups is 1. The molecule has 0 bridgehead atoms. The topological polar surface area (TPSA) is 34.9 Å². The van der Waals surface area contributed by atoms with Crippen LogP contribution in [0.3, 0.4) is 0 Å². The summed E-state index contributed by atoms with van der Waals surface area (Å²) in [5, 5.41) is 4.84. The molecular formula is C10H9FN2O. The van der Waals surface area contributed by atoms with E-state index in [1.807, 2.05) is 0 Å². The molecule has 0 atom stereocenters. The molecule has 72 valence electrons. The van der Waals surface area contributed by atoms with Crippen molar-refractivity contribution in [3.05, 3.63) is 29.7 Å². The molecule has 0 amide bonds. The van der Waals surface area contributed by atoms with Crippen LogP contribution in [-0.2, 0) is 0 Å². The minimum atomic E-state index is -0.361. The molecule has 0 aliphatic rings. The Morgan fingerprint density at radius 3 is 2.86 bits per heavy atom. The molecule has 14 heavy (non-hydrogen) atoms. The van der Waals surface area contributed by atoms with Gasteiger partial charge in [0, 0.05) is 18.4 Å². The highest BCUT2D eigenvalue weighted by Crippen LogP contribution is 2.18.